The van der Waals surface area contributed by atoms with Crippen LogP contribution < -0.4 is 9.62 Å². The van der Waals surface area contributed by atoms with Crippen LogP contribution in [0.2, 0.25) is 5.02 Å². The first kappa shape index (κ1) is 52.1. The van der Waals surface area contributed by atoms with Crippen molar-refractivity contribution in [2.45, 2.75) is 81.2 Å². The van der Waals surface area contributed by atoms with Crippen LogP contribution in [0.15, 0.2) is 42.5 Å². The molecule has 2 saturated carbocycles. The van der Waals surface area contributed by atoms with Gasteiger partial charge in [-0.1, -0.05) is 23.6 Å². The van der Waals surface area contributed by atoms with Crippen LogP contribution in [-0.2, 0) is 65.9 Å². The zero-order chi connectivity index (χ0) is 53.2. The number of carboxylic acids is 1. The Morgan fingerprint density at radius 2 is 1.57 bits per heavy atom. The molecule has 0 saturated heterocycles. The third-order valence-corrected chi connectivity index (χ3v) is 15.7. The second kappa shape index (κ2) is 17.5. The number of rotatable bonds is 13. The number of fused-ring (bicyclic) bond motifs is 4. The third kappa shape index (κ3) is 9.83. The first-order chi connectivity index (χ1) is 33.1. The van der Waals surface area contributed by atoms with Crippen molar-refractivity contribution < 1.29 is 80.2 Å². The van der Waals surface area contributed by atoms with E-state index in [1.807, 2.05) is 0 Å². The summed E-state index contributed by atoms with van der Waals surface area (Å²) in [5.41, 5.74) is -6.09. The Morgan fingerprint density at radius 1 is 0.931 bits per heavy atom. The summed E-state index contributed by atoms with van der Waals surface area (Å²) in [6.45, 7) is -0.881. The van der Waals surface area contributed by atoms with Gasteiger partial charge in [-0.15, -0.1) is 0 Å². The number of halogens is 11. The van der Waals surface area contributed by atoms with Crippen LogP contribution in [0.1, 0.15) is 72.6 Å². The molecular formula is C44H36ClF10N7O8S2. The molecule has 3 aliphatic rings. The van der Waals surface area contributed by atoms with E-state index in [2.05, 4.69) is 32.3 Å². The smallest absolute Gasteiger partial charge is 0.435 e. The van der Waals surface area contributed by atoms with Crippen molar-refractivity contribution in [1.82, 2.24) is 29.9 Å². The Balaban J connectivity index is 1.36. The Bertz CT molecular complexity index is 3420. The zero-order valence-electron chi connectivity index (χ0n) is 37.4. The Hall–Kier alpha value is -6.27. The number of alkyl halides is 8. The van der Waals surface area contributed by atoms with Crippen molar-refractivity contribution in [3.63, 3.8) is 0 Å². The van der Waals surface area contributed by atoms with Gasteiger partial charge in [0.1, 0.15) is 40.9 Å². The van der Waals surface area contributed by atoms with Gasteiger partial charge >= 0.3 is 18.3 Å². The number of hydrogen-bond acceptors (Lipinski definition) is 10. The summed E-state index contributed by atoms with van der Waals surface area (Å²) in [6, 6.07) is 4.60. The fourth-order valence-corrected chi connectivity index (χ4v) is 10.1. The molecule has 15 nitrogen and oxygen atoms in total. The monoisotopic (exact) mass is 1080 g/mol. The number of benzene rings is 2. The Morgan fingerprint density at radius 3 is 2.14 bits per heavy atom. The molecule has 8 rings (SSSR count). The number of sulfone groups is 1. The predicted octanol–water partition coefficient (Wildman–Crippen LogP) is 7.30. The summed E-state index contributed by atoms with van der Waals surface area (Å²) in [6.07, 6.45) is -10.4. The van der Waals surface area contributed by atoms with Gasteiger partial charge in [-0.2, -0.15) is 49.6 Å². The molecule has 3 heterocycles. The highest BCUT2D eigenvalue weighted by Crippen LogP contribution is 2.68. The number of hydrogen-bond donors (Lipinski definition) is 2. The van der Waals surface area contributed by atoms with Gasteiger partial charge in [-0.3, -0.25) is 23.7 Å². The number of sulfonamides is 1. The fourth-order valence-electron chi connectivity index (χ4n) is 8.72. The van der Waals surface area contributed by atoms with E-state index in [1.165, 1.54) is 13.8 Å². The molecule has 2 N–H and O–H groups in total. The zero-order valence-corrected chi connectivity index (χ0v) is 39.8. The number of nitrogens with zero attached hydrogens (tertiary/aromatic N) is 6. The van der Waals surface area contributed by atoms with Crippen LogP contribution in [0.5, 0.6) is 0 Å². The van der Waals surface area contributed by atoms with Crippen molar-refractivity contribution in [2.75, 3.05) is 16.8 Å². The lowest BCUT2D eigenvalue weighted by atomic mass is 9.93. The van der Waals surface area contributed by atoms with Crippen molar-refractivity contribution in [3.05, 3.63) is 93.0 Å². The number of amides is 2. The largest absolute Gasteiger partial charge is 0.481 e. The van der Waals surface area contributed by atoms with Crippen LogP contribution in [0, 0.1) is 41.2 Å². The number of carbonyl (C=O) groups excluding carboxylic acids is 2. The van der Waals surface area contributed by atoms with E-state index in [1.54, 1.807) is 0 Å². The van der Waals surface area contributed by atoms with Crippen molar-refractivity contribution >= 4 is 66.0 Å². The average Bonchev–Trinajstić information content (AvgIpc) is 4.12. The van der Waals surface area contributed by atoms with Crippen LogP contribution in [-0.4, -0.2) is 87.7 Å². The molecule has 28 heteroatoms. The van der Waals surface area contributed by atoms with Gasteiger partial charge in [0.25, 0.3) is 5.92 Å². The van der Waals surface area contributed by atoms with Crippen LogP contribution in [0.25, 0.3) is 22.0 Å². The van der Waals surface area contributed by atoms with E-state index in [9.17, 15) is 71.4 Å². The minimum Gasteiger partial charge on any atom is -0.481 e. The third-order valence-electron chi connectivity index (χ3n) is 12.5. The number of aliphatic carboxylic acids is 1. The van der Waals surface area contributed by atoms with Gasteiger partial charge in [0.2, 0.25) is 21.8 Å². The summed E-state index contributed by atoms with van der Waals surface area (Å²) in [5.74, 6) is -11.8. The number of pyridine rings is 1. The van der Waals surface area contributed by atoms with Crippen molar-refractivity contribution in [1.29, 1.82) is 0 Å². The van der Waals surface area contributed by atoms with Gasteiger partial charge in [-0.05, 0) is 80.8 Å². The molecule has 1 unspecified atom stereocenters. The lowest BCUT2D eigenvalue weighted by Gasteiger charge is -2.23. The first-order valence-corrected chi connectivity index (χ1v) is 25.3. The van der Waals surface area contributed by atoms with Gasteiger partial charge < -0.3 is 10.4 Å². The molecule has 0 spiro atoms. The van der Waals surface area contributed by atoms with E-state index >= 15 is 8.78 Å². The lowest BCUT2D eigenvalue weighted by molar-refractivity contribution is -0.143. The van der Waals surface area contributed by atoms with E-state index < -0.39 is 171 Å². The van der Waals surface area contributed by atoms with Gasteiger partial charge in [0.05, 0.1) is 45.8 Å². The normalized spacial score (nSPS) is 19.8. The number of carboxylic acid groups (broad SMARTS) is 1. The van der Waals surface area contributed by atoms with Crippen LogP contribution in [0.4, 0.5) is 49.7 Å². The molecule has 384 valence electrons. The summed E-state index contributed by atoms with van der Waals surface area (Å²) in [7, 11) is -8.78. The SMILES string of the molecule is CC(C)(C#Cc1ccc(-c2ccc(Cl)c3c(N(C(=O)[C@H]4C[C@H]4C(=O)O)S(C)(=O)=O)nn(CC(F)(F)F)c23)c(C(Cc2cc(F)cc(F)c2)NC(=O)Cn2nc(C(F)(F)F)c3c2C(F)(F)[C@@H]2C[C@H]32)n1)S(C)(=O)=O. The quantitative estimate of drug-likeness (QED) is 0.0885. The van der Waals surface area contributed by atoms with E-state index in [0.29, 0.717) is 12.3 Å². The highest BCUT2D eigenvalue weighted by Gasteiger charge is 2.68. The fraction of sp³-hybridized carbons (Fsp3) is 0.409. The van der Waals surface area contributed by atoms with Gasteiger partial charge in [-0.25, -0.2) is 30.6 Å². The van der Waals surface area contributed by atoms with Gasteiger partial charge in [0, 0.05) is 34.9 Å². The maximum Gasteiger partial charge on any atom is 0.435 e. The first-order valence-electron chi connectivity index (χ1n) is 21.2. The molecule has 5 aromatic rings. The topological polar surface area (TPSA) is 204 Å². The van der Waals surface area contributed by atoms with Gasteiger partial charge in [0.15, 0.2) is 21.3 Å². The minimum absolute atomic E-state index is 0.0115. The summed E-state index contributed by atoms with van der Waals surface area (Å²) in [5, 5.41) is 18.0. The van der Waals surface area contributed by atoms with E-state index in [4.69, 9.17) is 11.6 Å². The molecule has 0 aliphatic heterocycles. The number of nitrogens with one attached hydrogen (secondary N) is 1. The molecule has 2 fully saturated rings. The van der Waals surface area contributed by atoms with Crippen molar-refractivity contribution in [2.24, 2.45) is 17.8 Å². The molecule has 3 aromatic heterocycles. The van der Waals surface area contributed by atoms with Crippen LogP contribution in [0.3, 0.4) is 0 Å². The van der Waals surface area contributed by atoms with Crippen molar-refractivity contribution in [3.8, 4) is 23.0 Å². The second-order valence-electron chi connectivity index (χ2n) is 18.2. The average molecular weight is 1080 g/mol. The predicted molar refractivity (Wildman–Crippen MR) is 234 cm³/mol. The standard InChI is InChI=1S/C44H36ClF10N7O8S2/c1-41(2,71(3,67)68)10-9-22-5-6-23(24-7-8-29(45)33-35(24)61(18-42(48,49)50)59-38(33)62(72(4,69)70)39(64)25-15-26(25)40(65)66)34(56-22)30(13-19-11-20(46)14-21(47)12-19)57-31(63)17-60-37-32(36(58-60)44(53,54)55)27-16-28(27)43(37,51)52/h5-8,11-12,14,25-28,30H,13,15-18H2,1-4H3,(H,57,63)(H,65,66)/t25-,26+,27-,28+,30?/m0/s1. The molecule has 3 aliphatic carbocycles. The molecule has 0 bridgehead atoms. The number of anilines is 1. The number of carbonyl (C=O) groups is 3. The minimum atomic E-state index is -5.23. The van der Waals surface area contributed by atoms with E-state index in [0.717, 1.165) is 42.7 Å². The molecule has 0 radical (unpaired) electrons. The highest BCUT2D eigenvalue weighted by molar-refractivity contribution is 7.93. The summed E-state index contributed by atoms with van der Waals surface area (Å²) >= 11 is 6.61. The molecular weight excluding hydrogens is 1040 g/mol. The molecule has 2 amide bonds. The summed E-state index contributed by atoms with van der Waals surface area (Å²) in [4.78, 5) is 44.2. The Kier molecular flexibility index (Phi) is 12.6. The highest BCUT2D eigenvalue weighted by atomic mass is 35.5. The summed E-state index contributed by atoms with van der Waals surface area (Å²) < 4.78 is 198. The lowest BCUT2D eigenvalue weighted by Crippen LogP contribution is -2.38. The maximum absolute atomic E-state index is 15.6. The number of aromatic nitrogens is 5. The molecule has 72 heavy (non-hydrogen) atoms. The maximum atomic E-state index is 15.6. The molecule has 5 atom stereocenters. The Labute approximate surface area is 406 Å². The second-order valence-corrected chi connectivity index (χ2v) is 23.0. The van der Waals surface area contributed by atoms with E-state index in [-0.39, 0.29) is 43.3 Å². The van der Waals surface area contributed by atoms with Crippen LogP contribution >= 0.6 is 11.6 Å². The molecule has 2 aromatic carbocycles.